The molecule has 0 aliphatic carbocycles. The molecule has 0 saturated carbocycles. The highest BCUT2D eigenvalue weighted by molar-refractivity contribution is 7.92. The third-order valence-corrected chi connectivity index (χ3v) is 10.6. The Labute approximate surface area is 288 Å². The van der Waals surface area contributed by atoms with Crippen molar-refractivity contribution >= 4 is 40.0 Å². The minimum absolute atomic E-state index is 0. The number of carbonyl (C=O) groups excluding carboxylic acids is 3. The minimum atomic E-state index is -3.88. The van der Waals surface area contributed by atoms with Gasteiger partial charge in [0.15, 0.2) is 9.84 Å². The maximum absolute atomic E-state index is 14.1. The molecule has 2 aromatic rings. The van der Waals surface area contributed by atoms with E-state index in [0.717, 1.165) is 29.7 Å². The van der Waals surface area contributed by atoms with Crippen molar-refractivity contribution in [3.05, 3.63) is 70.8 Å². The van der Waals surface area contributed by atoms with Crippen LogP contribution in [0.2, 0.25) is 0 Å². The third kappa shape index (κ3) is 12.7. The Morgan fingerprint density at radius 3 is 2.21 bits per heavy atom. The van der Waals surface area contributed by atoms with Crippen molar-refractivity contribution in [2.24, 2.45) is 0 Å². The van der Waals surface area contributed by atoms with Crippen LogP contribution in [-0.2, 0) is 43.6 Å². The second kappa shape index (κ2) is 19.8. The van der Waals surface area contributed by atoms with E-state index < -0.39 is 68.5 Å². The number of halogens is 3. The molecule has 5 N–H and O–H groups in total. The summed E-state index contributed by atoms with van der Waals surface area (Å²) in [5.74, 6) is -4.27. The van der Waals surface area contributed by atoms with Crippen molar-refractivity contribution in [2.45, 2.75) is 108 Å². The van der Waals surface area contributed by atoms with E-state index in [2.05, 4.69) is 21.3 Å². The molecule has 1 unspecified atom stereocenters. The predicted molar refractivity (Wildman–Crippen MR) is 183 cm³/mol. The summed E-state index contributed by atoms with van der Waals surface area (Å²) in [6.07, 6.45) is 1.70. The monoisotopic (exact) mass is 714 g/mol. The van der Waals surface area contributed by atoms with E-state index in [1.165, 1.54) is 0 Å². The Bertz CT molecular complexity index is 1460. The number of hydrogen-bond donors (Lipinski definition) is 5. The SMILES string of the molecule is CCCC(CCC)S(=O)(=O)C[C@H](NC(=O)[C@H]1CCC(=O)N1)C(=O)N[C@@H](Cc1cc(F)cc(F)c1)C(O)CNCc1cccc(CC)c1.Cl. The molecule has 14 heteroatoms. The van der Waals surface area contributed by atoms with E-state index in [0.29, 0.717) is 38.3 Å². The van der Waals surface area contributed by atoms with Gasteiger partial charge >= 0.3 is 0 Å². The number of rotatable bonds is 19. The molecule has 4 atom stereocenters. The summed E-state index contributed by atoms with van der Waals surface area (Å²) in [6.45, 7) is 6.15. The second-order valence-corrected chi connectivity index (χ2v) is 14.5. The lowest BCUT2D eigenvalue weighted by Gasteiger charge is -2.28. The van der Waals surface area contributed by atoms with E-state index >= 15 is 0 Å². The van der Waals surface area contributed by atoms with Crippen LogP contribution in [0.15, 0.2) is 42.5 Å². The average Bonchev–Trinajstić information content (AvgIpc) is 3.46. The topological polar surface area (TPSA) is 154 Å². The summed E-state index contributed by atoms with van der Waals surface area (Å²) in [5.41, 5.74) is 2.28. The minimum Gasteiger partial charge on any atom is -0.390 e. The number of aliphatic hydroxyl groups is 1. The van der Waals surface area contributed by atoms with Crippen molar-refractivity contribution in [3.8, 4) is 0 Å². The molecular weight excluding hydrogens is 666 g/mol. The van der Waals surface area contributed by atoms with Crippen molar-refractivity contribution in [1.82, 2.24) is 21.3 Å². The number of nitrogens with one attached hydrogen (secondary N) is 4. The molecule has 1 fully saturated rings. The quantitative estimate of drug-likeness (QED) is 0.150. The molecule has 3 amide bonds. The highest BCUT2D eigenvalue weighted by atomic mass is 35.5. The molecule has 3 rings (SSSR count). The van der Waals surface area contributed by atoms with E-state index in [-0.39, 0.29) is 49.7 Å². The predicted octanol–water partition coefficient (Wildman–Crippen LogP) is 3.27. The van der Waals surface area contributed by atoms with Crippen LogP contribution in [0.1, 0.15) is 76.0 Å². The summed E-state index contributed by atoms with van der Waals surface area (Å²) in [7, 11) is -3.88. The zero-order chi connectivity index (χ0) is 34.6. The van der Waals surface area contributed by atoms with Crippen LogP contribution in [-0.4, -0.2) is 73.0 Å². The van der Waals surface area contributed by atoms with Gasteiger partial charge in [0.1, 0.15) is 23.7 Å². The van der Waals surface area contributed by atoms with Crippen molar-refractivity contribution < 1.29 is 36.7 Å². The number of amides is 3. The number of sulfone groups is 1. The van der Waals surface area contributed by atoms with Gasteiger partial charge in [0, 0.05) is 25.6 Å². The molecule has 10 nitrogen and oxygen atoms in total. The molecule has 268 valence electrons. The molecule has 0 bridgehead atoms. The maximum Gasteiger partial charge on any atom is 0.243 e. The first-order valence-corrected chi connectivity index (χ1v) is 18.1. The Morgan fingerprint density at radius 2 is 1.62 bits per heavy atom. The summed E-state index contributed by atoms with van der Waals surface area (Å²) in [5, 5.41) is 21.4. The second-order valence-electron chi connectivity index (χ2n) is 12.2. The third-order valence-electron chi connectivity index (χ3n) is 8.33. The van der Waals surface area contributed by atoms with Gasteiger partial charge in [0.05, 0.1) is 23.1 Å². The van der Waals surface area contributed by atoms with Crippen LogP contribution < -0.4 is 21.3 Å². The zero-order valence-corrected chi connectivity index (χ0v) is 29.4. The number of hydrogen-bond acceptors (Lipinski definition) is 7. The number of carbonyl (C=O) groups is 3. The standard InChI is InChI=1S/C34H48F2N4O6S.ClH/c1-4-8-27(9-5-2)47(45,46)21-30(40-33(43)28-12-13-32(42)38-28)34(44)39-29(17-24-15-25(35)18-26(36)16-24)31(41)20-37-19-23-11-7-10-22(6-3)14-23;/h7,10-11,14-16,18,27-31,37,41H,4-6,8-9,12-13,17,19-21H2,1-3H3,(H,38,42)(H,39,44)(H,40,43);1H/t28-,29+,30+,31?;/m1./s1. The van der Waals surface area contributed by atoms with Crippen LogP contribution in [0.25, 0.3) is 0 Å². The lowest BCUT2D eigenvalue weighted by atomic mass is 10.00. The first-order valence-electron chi connectivity index (χ1n) is 16.4. The molecular formula is C34H49ClF2N4O6S. The fourth-order valence-corrected chi connectivity index (χ4v) is 7.96. The zero-order valence-electron chi connectivity index (χ0n) is 27.8. The van der Waals surface area contributed by atoms with E-state index in [1.807, 2.05) is 45.0 Å². The molecule has 1 aliphatic rings. The van der Waals surface area contributed by atoms with Crippen molar-refractivity contribution in [1.29, 1.82) is 0 Å². The number of aliphatic hydroxyl groups excluding tert-OH is 1. The Kier molecular flexibility index (Phi) is 16.9. The van der Waals surface area contributed by atoms with Crippen molar-refractivity contribution in [2.75, 3.05) is 12.3 Å². The molecule has 2 aromatic carbocycles. The lowest BCUT2D eigenvalue weighted by molar-refractivity contribution is -0.130. The highest BCUT2D eigenvalue weighted by Crippen LogP contribution is 2.18. The highest BCUT2D eigenvalue weighted by Gasteiger charge is 2.36. The summed E-state index contributed by atoms with van der Waals surface area (Å²) in [6, 6.07) is 7.19. The van der Waals surface area contributed by atoms with Gasteiger partial charge in [0.25, 0.3) is 0 Å². The van der Waals surface area contributed by atoms with Crippen LogP contribution in [0.5, 0.6) is 0 Å². The first kappa shape index (κ1) is 41.0. The van der Waals surface area contributed by atoms with Gasteiger partial charge in [-0.05, 0) is 60.9 Å². The van der Waals surface area contributed by atoms with E-state index in [4.69, 9.17) is 0 Å². The number of benzene rings is 2. The normalized spacial score (nSPS) is 16.5. The summed E-state index contributed by atoms with van der Waals surface area (Å²) >= 11 is 0. The number of aryl methyl sites for hydroxylation is 1. The van der Waals surface area contributed by atoms with Crippen LogP contribution in [0.4, 0.5) is 8.78 Å². The lowest BCUT2D eigenvalue weighted by Crippen LogP contribution is -2.58. The van der Waals surface area contributed by atoms with Gasteiger partial charge in [-0.15, -0.1) is 12.4 Å². The maximum atomic E-state index is 14.1. The molecule has 0 spiro atoms. The fraction of sp³-hybridized carbons (Fsp3) is 0.559. The smallest absolute Gasteiger partial charge is 0.243 e. The van der Waals surface area contributed by atoms with Crippen LogP contribution in [0.3, 0.4) is 0 Å². The van der Waals surface area contributed by atoms with Gasteiger partial charge in [-0.2, -0.15) is 0 Å². The van der Waals surface area contributed by atoms with Gasteiger partial charge in [-0.1, -0.05) is 57.9 Å². The average molecular weight is 715 g/mol. The molecule has 1 heterocycles. The summed E-state index contributed by atoms with van der Waals surface area (Å²) < 4.78 is 55.3. The van der Waals surface area contributed by atoms with Crippen LogP contribution in [0, 0.1) is 11.6 Å². The van der Waals surface area contributed by atoms with E-state index in [9.17, 15) is 36.7 Å². The van der Waals surface area contributed by atoms with Crippen LogP contribution >= 0.6 is 12.4 Å². The molecule has 1 aliphatic heterocycles. The molecule has 1 saturated heterocycles. The Morgan fingerprint density at radius 1 is 0.979 bits per heavy atom. The van der Waals surface area contributed by atoms with Gasteiger partial charge in [0.2, 0.25) is 17.7 Å². The Hall–Kier alpha value is -3.13. The first-order chi connectivity index (χ1) is 22.3. The largest absolute Gasteiger partial charge is 0.390 e. The van der Waals surface area contributed by atoms with Gasteiger partial charge in [-0.25, -0.2) is 17.2 Å². The summed E-state index contributed by atoms with van der Waals surface area (Å²) in [4.78, 5) is 38.6. The Balaban J connectivity index is 0.00000800. The molecule has 0 aromatic heterocycles. The van der Waals surface area contributed by atoms with E-state index in [1.54, 1.807) is 0 Å². The van der Waals surface area contributed by atoms with Crippen molar-refractivity contribution in [3.63, 3.8) is 0 Å². The molecule has 0 radical (unpaired) electrons. The van der Waals surface area contributed by atoms with Gasteiger partial charge < -0.3 is 26.4 Å². The fourth-order valence-electron chi connectivity index (χ4n) is 5.80. The molecule has 48 heavy (non-hydrogen) atoms. The van der Waals surface area contributed by atoms with Gasteiger partial charge in [-0.3, -0.25) is 14.4 Å².